The van der Waals surface area contributed by atoms with Crippen LogP contribution in [0.3, 0.4) is 0 Å². The molecule has 1 aromatic heterocycles. The van der Waals surface area contributed by atoms with Gasteiger partial charge in [0.05, 0.1) is 36.6 Å². The minimum Gasteiger partial charge on any atom is -0.507 e. The molecule has 0 bridgehead atoms. The van der Waals surface area contributed by atoms with Crippen LogP contribution in [-0.4, -0.2) is 42.6 Å². The number of aromatic nitrogens is 1. The second-order valence-corrected chi connectivity index (χ2v) is 9.79. The summed E-state index contributed by atoms with van der Waals surface area (Å²) in [5.41, 5.74) is 1.34. The molecule has 5 rings (SSSR count). The number of rotatable bonds is 7. The number of nitrogens with zero attached hydrogens (tertiary/aromatic N) is 2. The summed E-state index contributed by atoms with van der Waals surface area (Å²) in [7, 11) is 3.00. The van der Waals surface area contributed by atoms with Gasteiger partial charge in [0.15, 0.2) is 5.13 Å². The number of halogens is 1. The summed E-state index contributed by atoms with van der Waals surface area (Å²) in [6, 6.07) is 15.8. The van der Waals surface area contributed by atoms with E-state index in [1.807, 2.05) is 13.0 Å². The zero-order valence-corrected chi connectivity index (χ0v) is 22.3. The van der Waals surface area contributed by atoms with Gasteiger partial charge < -0.3 is 19.3 Å². The molecular formula is C28H23ClN2O6S. The van der Waals surface area contributed by atoms with Gasteiger partial charge in [-0.15, -0.1) is 0 Å². The van der Waals surface area contributed by atoms with E-state index in [1.165, 1.54) is 30.5 Å². The van der Waals surface area contributed by atoms with Crippen molar-refractivity contribution in [2.45, 2.75) is 13.0 Å². The number of benzene rings is 3. The maximum atomic E-state index is 13.6. The first-order valence-electron chi connectivity index (χ1n) is 11.7. The third kappa shape index (κ3) is 4.44. The Morgan fingerprint density at radius 2 is 1.76 bits per heavy atom. The summed E-state index contributed by atoms with van der Waals surface area (Å²) in [5, 5.41) is 12.1. The number of amides is 1. The van der Waals surface area contributed by atoms with E-state index in [2.05, 4.69) is 4.98 Å². The number of aliphatic hydroxyl groups is 1. The summed E-state index contributed by atoms with van der Waals surface area (Å²) in [4.78, 5) is 33.0. The van der Waals surface area contributed by atoms with Crippen LogP contribution in [0.4, 0.5) is 5.13 Å². The van der Waals surface area contributed by atoms with Crippen LogP contribution in [-0.2, 0) is 9.59 Å². The molecule has 10 heteroatoms. The molecule has 1 saturated heterocycles. The van der Waals surface area contributed by atoms with Crippen molar-refractivity contribution >= 4 is 55.7 Å². The lowest BCUT2D eigenvalue weighted by atomic mass is 9.94. The molecule has 1 aliphatic rings. The van der Waals surface area contributed by atoms with E-state index in [0.29, 0.717) is 50.7 Å². The van der Waals surface area contributed by atoms with Crippen molar-refractivity contribution in [1.82, 2.24) is 4.98 Å². The number of thiazole rings is 1. The van der Waals surface area contributed by atoms with Crippen molar-refractivity contribution in [3.63, 3.8) is 0 Å². The number of carbonyl (C=O) groups is 2. The fraction of sp³-hybridized carbons (Fsp3) is 0.179. The highest BCUT2D eigenvalue weighted by molar-refractivity contribution is 7.22. The number of aliphatic hydroxyl groups excluding tert-OH is 1. The standard InChI is InChI=1S/C28H23ClN2O6S/c1-4-37-18-9-11-20-22(14-18)38-28(30-20)31-24(19-13-17(35-2)10-12-21(19)36-3)23(26(33)27(31)34)25(32)15-5-7-16(29)8-6-15/h5-14,24,32H,4H2,1-3H3/b25-23+. The van der Waals surface area contributed by atoms with Gasteiger partial charge in [0.1, 0.15) is 29.0 Å². The van der Waals surface area contributed by atoms with Gasteiger partial charge in [0.2, 0.25) is 0 Å². The van der Waals surface area contributed by atoms with Gasteiger partial charge in [0.25, 0.3) is 5.78 Å². The summed E-state index contributed by atoms with van der Waals surface area (Å²) >= 11 is 7.27. The van der Waals surface area contributed by atoms with Crippen LogP contribution < -0.4 is 19.1 Å². The normalized spacial score (nSPS) is 16.7. The number of fused-ring (bicyclic) bond motifs is 1. The first kappa shape index (κ1) is 25.6. The van der Waals surface area contributed by atoms with Crippen LogP contribution in [0.15, 0.2) is 66.2 Å². The SMILES string of the molecule is CCOc1ccc2nc(N3C(=O)C(=O)/C(=C(/O)c4ccc(Cl)cc4)C3c3cc(OC)ccc3OC)sc2c1. The van der Waals surface area contributed by atoms with E-state index in [4.69, 9.17) is 25.8 Å². The van der Waals surface area contributed by atoms with E-state index < -0.39 is 17.7 Å². The fourth-order valence-corrected chi connectivity index (χ4v) is 5.54. The molecule has 1 N–H and O–H groups in total. The molecule has 1 aliphatic heterocycles. The number of hydrogen-bond acceptors (Lipinski definition) is 8. The Labute approximate surface area is 227 Å². The molecule has 0 radical (unpaired) electrons. The summed E-state index contributed by atoms with van der Waals surface area (Å²) in [6.07, 6.45) is 0. The number of ether oxygens (including phenoxy) is 3. The van der Waals surface area contributed by atoms with Crippen LogP contribution in [0.1, 0.15) is 24.1 Å². The van der Waals surface area contributed by atoms with Crippen molar-refractivity contribution in [2.75, 3.05) is 25.7 Å². The summed E-state index contributed by atoms with van der Waals surface area (Å²) in [6.45, 7) is 2.40. The largest absolute Gasteiger partial charge is 0.507 e. The van der Waals surface area contributed by atoms with Crippen molar-refractivity contribution in [3.05, 3.63) is 82.4 Å². The Balaban J connectivity index is 1.75. The van der Waals surface area contributed by atoms with Gasteiger partial charge >= 0.3 is 5.91 Å². The molecule has 1 fully saturated rings. The second-order valence-electron chi connectivity index (χ2n) is 8.34. The fourth-order valence-electron chi connectivity index (χ4n) is 4.39. The minimum absolute atomic E-state index is 0.0989. The van der Waals surface area contributed by atoms with Crippen LogP contribution >= 0.6 is 22.9 Å². The number of hydrogen-bond donors (Lipinski definition) is 1. The monoisotopic (exact) mass is 550 g/mol. The first-order chi connectivity index (χ1) is 18.4. The first-order valence-corrected chi connectivity index (χ1v) is 12.9. The van der Waals surface area contributed by atoms with E-state index in [0.717, 1.165) is 4.70 Å². The molecular weight excluding hydrogens is 528 g/mol. The highest BCUT2D eigenvalue weighted by Crippen LogP contribution is 2.47. The number of ketones is 1. The molecule has 3 aromatic carbocycles. The second kappa shape index (κ2) is 10.4. The Kier molecular flexibility index (Phi) is 6.96. The third-order valence-electron chi connectivity index (χ3n) is 6.16. The molecule has 194 valence electrons. The number of Topliss-reactive ketones (excluding diaryl/α,β-unsaturated/α-hetero) is 1. The lowest BCUT2D eigenvalue weighted by Gasteiger charge is -2.25. The molecule has 1 atom stereocenters. The van der Waals surface area contributed by atoms with Crippen LogP contribution in [0.2, 0.25) is 5.02 Å². The molecule has 2 heterocycles. The van der Waals surface area contributed by atoms with Crippen molar-refractivity contribution in [3.8, 4) is 17.2 Å². The van der Waals surface area contributed by atoms with Gasteiger partial charge in [0, 0.05) is 16.1 Å². The maximum absolute atomic E-state index is 13.6. The Morgan fingerprint density at radius 3 is 2.45 bits per heavy atom. The Morgan fingerprint density at radius 1 is 1.03 bits per heavy atom. The maximum Gasteiger partial charge on any atom is 0.301 e. The zero-order valence-electron chi connectivity index (χ0n) is 20.7. The molecule has 0 spiro atoms. The van der Waals surface area contributed by atoms with E-state index in [-0.39, 0.29) is 11.3 Å². The van der Waals surface area contributed by atoms with Gasteiger partial charge in [-0.25, -0.2) is 4.98 Å². The predicted octanol–water partition coefficient (Wildman–Crippen LogP) is 5.99. The minimum atomic E-state index is -1.04. The van der Waals surface area contributed by atoms with E-state index in [1.54, 1.807) is 54.6 Å². The lowest BCUT2D eigenvalue weighted by Crippen LogP contribution is -2.29. The van der Waals surface area contributed by atoms with Gasteiger partial charge in [-0.05, 0) is 67.6 Å². The Bertz CT molecular complexity index is 1580. The number of anilines is 1. The van der Waals surface area contributed by atoms with Crippen LogP contribution in [0, 0.1) is 0 Å². The van der Waals surface area contributed by atoms with Crippen LogP contribution in [0.5, 0.6) is 17.2 Å². The molecule has 38 heavy (non-hydrogen) atoms. The molecule has 8 nitrogen and oxygen atoms in total. The average Bonchev–Trinajstić information content (AvgIpc) is 3.46. The molecule has 1 unspecified atom stereocenters. The molecule has 1 amide bonds. The third-order valence-corrected chi connectivity index (χ3v) is 7.43. The van der Waals surface area contributed by atoms with Gasteiger partial charge in [-0.1, -0.05) is 22.9 Å². The number of carbonyl (C=O) groups excluding carboxylic acids is 2. The number of methoxy groups -OCH3 is 2. The molecule has 0 aliphatic carbocycles. The predicted molar refractivity (Wildman–Crippen MR) is 147 cm³/mol. The lowest BCUT2D eigenvalue weighted by molar-refractivity contribution is -0.132. The summed E-state index contributed by atoms with van der Waals surface area (Å²) in [5.74, 6) is -0.433. The summed E-state index contributed by atoms with van der Waals surface area (Å²) < 4.78 is 17.4. The zero-order chi connectivity index (χ0) is 27.0. The average molecular weight is 551 g/mol. The topological polar surface area (TPSA) is 98.2 Å². The quantitative estimate of drug-likeness (QED) is 0.171. The molecule has 4 aromatic rings. The van der Waals surface area contributed by atoms with Gasteiger partial charge in [-0.2, -0.15) is 0 Å². The van der Waals surface area contributed by atoms with Gasteiger partial charge in [-0.3, -0.25) is 14.5 Å². The van der Waals surface area contributed by atoms with Crippen molar-refractivity contribution in [1.29, 1.82) is 0 Å². The smallest absolute Gasteiger partial charge is 0.301 e. The highest BCUT2D eigenvalue weighted by atomic mass is 35.5. The van der Waals surface area contributed by atoms with Crippen molar-refractivity contribution < 1.29 is 28.9 Å². The highest BCUT2D eigenvalue weighted by Gasteiger charge is 2.49. The molecule has 0 saturated carbocycles. The van der Waals surface area contributed by atoms with Crippen LogP contribution in [0.25, 0.3) is 16.0 Å². The Hall–Kier alpha value is -4.08. The van der Waals surface area contributed by atoms with E-state index >= 15 is 0 Å². The van der Waals surface area contributed by atoms with E-state index in [9.17, 15) is 14.7 Å². The van der Waals surface area contributed by atoms with Crippen molar-refractivity contribution in [2.24, 2.45) is 0 Å².